The summed E-state index contributed by atoms with van der Waals surface area (Å²) in [4.78, 5) is 40.3. The summed E-state index contributed by atoms with van der Waals surface area (Å²) in [5.41, 5.74) is -0.186. The van der Waals surface area contributed by atoms with E-state index >= 15 is 0 Å². The second kappa shape index (κ2) is 8.55. The molecule has 2 rings (SSSR count). The number of aromatic nitrogens is 1. The molecule has 0 fully saturated rings. The van der Waals surface area contributed by atoms with E-state index in [2.05, 4.69) is 15.6 Å². The highest BCUT2D eigenvalue weighted by molar-refractivity contribution is 5.93. The number of ether oxygens (including phenoxy) is 2. The number of aromatic amines is 1. The zero-order chi connectivity index (χ0) is 21.8. The quantitative estimate of drug-likeness (QED) is 0.643. The van der Waals surface area contributed by atoms with Crippen molar-refractivity contribution in [1.29, 1.82) is 0 Å². The highest BCUT2D eigenvalue weighted by Crippen LogP contribution is 2.20. The van der Waals surface area contributed by atoms with E-state index in [9.17, 15) is 14.4 Å². The number of nitrogens with one attached hydrogen (secondary N) is 3. The van der Waals surface area contributed by atoms with E-state index in [1.165, 1.54) is 21.0 Å². The number of esters is 1. The van der Waals surface area contributed by atoms with Crippen LogP contribution in [0.3, 0.4) is 0 Å². The number of hydrogen-bond acceptors (Lipinski definition) is 5. The standard InChI is InChI=1S/C21H29N3O5/c1-20(2,3)29-19(27)24-21(4,5)18(26)23-16(17(25)28-6)11-13-12-22-15-10-8-7-9-14(13)15/h7-10,12,16,22H,11H2,1-6H3,(H,23,26)(H,24,27)/t16-/m0/s1. The summed E-state index contributed by atoms with van der Waals surface area (Å²) in [5, 5.41) is 6.17. The van der Waals surface area contributed by atoms with Gasteiger partial charge in [0.1, 0.15) is 17.2 Å². The molecule has 3 N–H and O–H groups in total. The summed E-state index contributed by atoms with van der Waals surface area (Å²) < 4.78 is 10.1. The molecule has 1 aromatic heterocycles. The van der Waals surface area contributed by atoms with Gasteiger partial charge in [0, 0.05) is 23.5 Å². The highest BCUT2D eigenvalue weighted by Gasteiger charge is 2.34. The van der Waals surface area contributed by atoms with Crippen molar-refractivity contribution < 1.29 is 23.9 Å². The SMILES string of the molecule is COC(=O)[C@H](Cc1c[nH]c2ccccc12)NC(=O)C(C)(C)NC(=O)OC(C)(C)C. The van der Waals surface area contributed by atoms with Crippen LogP contribution in [0.1, 0.15) is 40.2 Å². The Morgan fingerprint density at radius 3 is 2.38 bits per heavy atom. The van der Waals surface area contributed by atoms with E-state index in [0.29, 0.717) is 0 Å². The van der Waals surface area contributed by atoms with Crippen LogP contribution in [-0.4, -0.2) is 47.2 Å². The van der Waals surface area contributed by atoms with Crippen molar-refractivity contribution in [3.05, 3.63) is 36.0 Å². The monoisotopic (exact) mass is 403 g/mol. The van der Waals surface area contributed by atoms with Crippen LogP contribution in [0, 0.1) is 0 Å². The third-order valence-corrected chi connectivity index (χ3v) is 4.27. The molecule has 1 heterocycles. The number of methoxy groups -OCH3 is 1. The van der Waals surface area contributed by atoms with Gasteiger partial charge in [-0.05, 0) is 46.2 Å². The van der Waals surface area contributed by atoms with Crippen molar-refractivity contribution in [3.8, 4) is 0 Å². The Balaban J connectivity index is 2.13. The zero-order valence-electron chi connectivity index (χ0n) is 17.7. The van der Waals surface area contributed by atoms with Crippen LogP contribution in [0.25, 0.3) is 10.9 Å². The maximum absolute atomic E-state index is 12.8. The summed E-state index contributed by atoms with van der Waals surface area (Å²) in [7, 11) is 1.26. The number of fused-ring (bicyclic) bond motifs is 1. The molecule has 0 aliphatic heterocycles. The molecule has 0 radical (unpaired) electrons. The molecule has 1 aromatic carbocycles. The van der Waals surface area contributed by atoms with Gasteiger partial charge in [-0.3, -0.25) is 4.79 Å². The molecule has 1 atom stereocenters. The predicted molar refractivity (Wildman–Crippen MR) is 109 cm³/mol. The molecule has 0 saturated carbocycles. The lowest BCUT2D eigenvalue weighted by Gasteiger charge is -2.29. The Morgan fingerprint density at radius 2 is 1.76 bits per heavy atom. The fraction of sp³-hybridized carbons (Fsp3) is 0.476. The molecule has 0 bridgehead atoms. The number of benzene rings is 1. The molecule has 0 spiro atoms. The van der Waals surface area contributed by atoms with E-state index in [4.69, 9.17) is 9.47 Å². The van der Waals surface area contributed by atoms with E-state index < -0.39 is 35.2 Å². The Bertz CT molecular complexity index is 895. The largest absolute Gasteiger partial charge is 0.467 e. The molecule has 2 amide bonds. The summed E-state index contributed by atoms with van der Waals surface area (Å²) >= 11 is 0. The van der Waals surface area contributed by atoms with Crippen LogP contribution in [-0.2, 0) is 25.5 Å². The minimum Gasteiger partial charge on any atom is -0.467 e. The number of carbonyl (C=O) groups is 3. The third kappa shape index (κ3) is 5.97. The van der Waals surface area contributed by atoms with Gasteiger partial charge in [-0.15, -0.1) is 0 Å². The fourth-order valence-electron chi connectivity index (χ4n) is 2.81. The van der Waals surface area contributed by atoms with Crippen LogP contribution in [0.5, 0.6) is 0 Å². The van der Waals surface area contributed by atoms with Crippen LogP contribution in [0.2, 0.25) is 0 Å². The second-order valence-corrected chi connectivity index (χ2v) is 8.36. The number of carbonyl (C=O) groups excluding carboxylic acids is 3. The van der Waals surface area contributed by atoms with Crippen molar-refractivity contribution in [1.82, 2.24) is 15.6 Å². The first kappa shape index (κ1) is 22.3. The maximum atomic E-state index is 12.8. The normalized spacial score (nSPS) is 12.9. The summed E-state index contributed by atoms with van der Waals surface area (Å²) in [6.45, 7) is 8.26. The maximum Gasteiger partial charge on any atom is 0.408 e. The third-order valence-electron chi connectivity index (χ3n) is 4.27. The molecular weight excluding hydrogens is 374 g/mol. The van der Waals surface area contributed by atoms with Gasteiger partial charge in [-0.2, -0.15) is 0 Å². The first-order chi connectivity index (χ1) is 13.4. The molecular formula is C21H29N3O5. The van der Waals surface area contributed by atoms with Gasteiger partial charge < -0.3 is 25.1 Å². The number of amides is 2. The predicted octanol–water partition coefficient (Wildman–Crippen LogP) is 2.67. The topological polar surface area (TPSA) is 110 Å². The van der Waals surface area contributed by atoms with Crippen LogP contribution in [0.4, 0.5) is 4.79 Å². The summed E-state index contributed by atoms with van der Waals surface area (Å²) in [6, 6.07) is 6.77. The molecule has 2 aromatic rings. The smallest absolute Gasteiger partial charge is 0.408 e. The number of H-pyrrole nitrogens is 1. The lowest BCUT2D eigenvalue weighted by molar-refractivity contribution is -0.145. The van der Waals surface area contributed by atoms with E-state index in [-0.39, 0.29) is 6.42 Å². The van der Waals surface area contributed by atoms with Crippen molar-refractivity contribution in [2.45, 2.75) is 58.2 Å². The molecule has 0 aliphatic rings. The Kier molecular flexibility index (Phi) is 6.56. The van der Waals surface area contributed by atoms with Gasteiger partial charge in [0.15, 0.2) is 0 Å². The van der Waals surface area contributed by atoms with Crippen LogP contribution >= 0.6 is 0 Å². The fourth-order valence-corrected chi connectivity index (χ4v) is 2.81. The number of para-hydroxylation sites is 1. The first-order valence-electron chi connectivity index (χ1n) is 9.38. The number of alkyl carbamates (subject to hydrolysis) is 1. The Hall–Kier alpha value is -3.03. The van der Waals surface area contributed by atoms with Gasteiger partial charge in [-0.1, -0.05) is 18.2 Å². The molecule has 0 unspecified atom stereocenters. The second-order valence-electron chi connectivity index (χ2n) is 8.36. The summed E-state index contributed by atoms with van der Waals surface area (Å²) in [5.74, 6) is -1.10. The molecule has 8 heteroatoms. The van der Waals surface area contributed by atoms with E-state index in [1.54, 1.807) is 27.0 Å². The molecule has 0 saturated heterocycles. The van der Waals surface area contributed by atoms with Gasteiger partial charge in [0.05, 0.1) is 7.11 Å². The minimum absolute atomic E-state index is 0.241. The van der Waals surface area contributed by atoms with Crippen LogP contribution in [0.15, 0.2) is 30.5 Å². The number of hydrogen-bond donors (Lipinski definition) is 3. The van der Waals surface area contributed by atoms with Gasteiger partial charge in [-0.25, -0.2) is 9.59 Å². The first-order valence-corrected chi connectivity index (χ1v) is 9.38. The average Bonchev–Trinajstić information content (AvgIpc) is 3.01. The van der Waals surface area contributed by atoms with Crippen molar-refractivity contribution in [2.24, 2.45) is 0 Å². The lowest BCUT2D eigenvalue weighted by atomic mass is 10.0. The number of rotatable bonds is 6. The van der Waals surface area contributed by atoms with E-state index in [1.807, 2.05) is 24.3 Å². The Morgan fingerprint density at radius 1 is 1.10 bits per heavy atom. The van der Waals surface area contributed by atoms with Crippen molar-refractivity contribution >= 4 is 28.9 Å². The van der Waals surface area contributed by atoms with Gasteiger partial charge in [0.25, 0.3) is 0 Å². The van der Waals surface area contributed by atoms with Gasteiger partial charge in [0.2, 0.25) is 5.91 Å². The molecule has 0 aliphatic carbocycles. The molecule has 29 heavy (non-hydrogen) atoms. The zero-order valence-corrected chi connectivity index (χ0v) is 17.7. The molecule has 8 nitrogen and oxygen atoms in total. The lowest BCUT2D eigenvalue weighted by Crippen LogP contribution is -2.58. The minimum atomic E-state index is -1.30. The van der Waals surface area contributed by atoms with Crippen molar-refractivity contribution in [3.63, 3.8) is 0 Å². The molecule has 158 valence electrons. The summed E-state index contributed by atoms with van der Waals surface area (Å²) in [6.07, 6.45) is 1.32. The van der Waals surface area contributed by atoms with Crippen LogP contribution < -0.4 is 10.6 Å². The van der Waals surface area contributed by atoms with E-state index in [0.717, 1.165) is 16.5 Å². The van der Waals surface area contributed by atoms with Crippen molar-refractivity contribution in [2.75, 3.05) is 7.11 Å². The van der Waals surface area contributed by atoms with Gasteiger partial charge >= 0.3 is 12.1 Å². The highest BCUT2D eigenvalue weighted by atomic mass is 16.6. The average molecular weight is 403 g/mol. The Labute approximate surface area is 170 Å².